The number of aliphatic imine (C=N–C) groups is 1. The number of hydrogen-bond donors (Lipinski definition) is 3. The molecule has 0 aliphatic heterocycles. The third-order valence-corrected chi connectivity index (χ3v) is 3.77. The lowest BCUT2D eigenvalue weighted by Crippen LogP contribution is -2.37. The summed E-state index contributed by atoms with van der Waals surface area (Å²) >= 11 is 0. The molecular formula is C20H25F2IN4O. The fourth-order valence-electron chi connectivity index (χ4n) is 2.39. The fourth-order valence-corrected chi connectivity index (χ4v) is 2.39. The first-order valence-corrected chi connectivity index (χ1v) is 8.86. The molecule has 2 rings (SSSR count). The van der Waals surface area contributed by atoms with E-state index in [1.165, 1.54) is 0 Å². The van der Waals surface area contributed by atoms with Crippen LogP contribution in [0.5, 0.6) is 0 Å². The van der Waals surface area contributed by atoms with Gasteiger partial charge in [0.05, 0.1) is 6.54 Å². The number of nitrogens with zero attached hydrogens (tertiary/aromatic N) is 1. The first-order chi connectivity index (χ1) is 13.0. The molecule has 2 aromatic rings. The molecule has 28 heavy (non-hydrogen) atoms. The first kappa shape index (κ1) is 23.8. The summed E-state index contributed by atoms with van der Waals surface area (Å²) in [4.78, 5) is 16.2. The van der Waals surface area contributed by atoms with Crippen LogP contribution in [-0.4, -0.2) is 25.0 Å². The molecule has 3 N–H and O–H groups in total. The zero-order valence-electron chi connectivity index (χ0n) is 15.9. The van der Waals surface area contributed by atoms with Crippen LogP contribution in [0.2, 0.25) is 0 Å². The van der Waals surface area contributed by atoms with Crippen molar-refractivity contribution < 1.29 is 13.6 Å². The monoisotopic (exact) mass is 502 g/mol. The smallest absolute Gasteiger partial charge is 0.251 e. The Bertz CT molecular complexity index is 797. The number of carbonyl (C=O) groups is 1. The van der Waals surface area contributed by atoms with E-state index in [1.807, 2.05) is 26.0 Å². The number of nitrogens with one attached hydrogen (secondary N) is 3. The van der Waals surface area contributed by atoms with Crippen molar-refractivity contribution >= 4 is 35.8 Å². The maximum atomic E-state index is 13.7. The molecular weight excluding hydrogens is 477 g/mol. The Morgan fingerprint density at radius 2 is 1.64 bits per heavy atom. The molecule has 1 amide bonds. The quantitative estimate of drug-likeness (QED) is 0.308. The Kier molecular flexibility index (Phi) is 10.4. The summed E-state index contributed by atoms with van der Waals surface area (Å²) in [6.45, 7) is 5.50. The topological polar surface area (TPSA) is 65.5 Å². The summed E-state index contributed by atoms with van der Waals surface area (Å²) in [6, 6.07) is 10.5. The molecule has 0 aliphatic rings. The van der Waals surface area contributed by atoms with Gasteiger partial charge in [0, 0.05) is 30.8 Å². The predicted octanol–water partition coefficient (Wildman–Crippen LogP) is 3.59. The van der Waals surface area contributed by atoms with E-state index in [1.54, 1.807) is 12.1 Å². The van der Waals surface area contributed by atoms with Crippen LogP contribution in [0.15, 0.2) is 47.5 Å². The predicted molar refractivity (Wildman–Crippen MR) is 118 cm³/mol. The minimum atomic E-state index is -0.484. The lowest BCUT2D eigenvalue weighted by Gasteiger charge is -2.12. The standard InChI is InChI=1S/C20H24F2N4O.HI/c1-3-23-19(27)15-7-5-14(6-8-15)12-25-20(24-4-2)26-13-16-11-17(21)9-10-18(16)22;/h5-11H,3-4,12-13H2,1-2H3,(H,23,27)(H2,24,25,26);1H. The molecule has 0 saturated carbocycles. The van der Waals surface area contributed by atoms with Crippen molar-refractivity contribution in [3.63, 3.8) is 0 Å². The molecule has 8 heteroatoms. The maximum Gasteiger partial charge on any atom is 0.251 e. The Morgan fingerprint density at radius 3 is 2.29 bits per heavy atom. The van der Waals surface area contributed by atoms with Gasteiger partial charge in [-0.3, -0.25) is 4.79 Å². The van der Waals surface area contributed by atoms with E-state index >= 15 is 0 Å². The number of carbonyl (C=O) groups excluding carboxylic acids is 1. The summed E-state index contributed by atoms with van der Waals surface area (Å²) in [7, 11) is 0. The molecule has 0 saturated heterocycles. The summed E-state index contributed by atoms with van der Waals surface area (Å²) in [5, 5.41) is 8.80. The molecule has 5 nitrogen and oxygen atoms in total. The van der Waals surface area contributed by atoms with Crippen molar-refractivity contribution in [2.75, 3.05) is 13.1 Å². The maximum absolute atomic E-state index is 13.7. The van der Waals surface area contributed by atoms with Crippen molar-refractivity contribution in [2.45, 2.75) is 26.9 Å². The second kappa shape index (κ2) is 12.3. The zero-order valence-corrected chi connectivity index (χ0v) is 18.2. The van der Waals surface area contributed by atoms with Gasteiger partial charge < -0.3 is 16.0 Å². The van der Waals surface area contributed by atoms with Crippen LogP contribution in [0, 0.1) is 11.6 Å². The van der Waals surface area contributed by atoms with Gasteiger partial charge in [-0.2, -0.15) is 0 Å². The summed E-state index contributed by atoms with van der Waals surface area (Å²) < 4.78 is 27.0. The molecule has 0 aromatic heterocycles. The average molecular weight is 502 g/mol. The Balaban J connectivity index is 0.00000392. The minimum absolute atomic E-state index is 0. The molecule has 0 aliphatic carbocycles. The number of rotatable bonds is 7. The lowest BCUT2D eigenvalue weighted by molar-refractivity contribution is 0.0956. The van der Waals surface area contributed by atoms with Gasteiger partial charge in [-0.05, 0) is 49.7 Å². The van der Waals surface area contributed by atoms with Crippen LogP contribution in [0.3, 0.4) is 0 Å². The van der Waals surface area contributed by atoms with Gasteiger partial charge in [0.25, 0.3) is 5.91 Å². The Labute approximate surface area is 181 Å². The first-order valence-electron chi connectivity index (χ1n) is 8.86. The van der Waals surface area contributed by atoms with Crippen molar-refractivity contribution in [3.8, 4) is 0 Å². The van der Waals surface area contributed by atoms with E-state index in [0.717, 1.165) is 23.8 Å². The molecule has 0 fully saturated rings. The van der Waals surface area contributed by atoms with Crippen molar-refractivity contribution in [3.05, 3.63) is 70.8 Å². The van der Waals surface area contributed by atoms with Crippen molar-refractivity contribution in [1.29, 1.82) is 0 Å². The highest BCUT2D eigenvalue weighted by atomic mass is 127. The van der Waals surface area contributed by atoms with Gasteiger partial charge in [-0.15, -0.1) is 24.0 Å². The Morgan fingerprint density at radius 1 is 0.964 bits per heavy atom. The van der Waals surface area contributed by atoms with E-state index in [2.05, 4.69) is 20.9 Å². The van der Waals surface area contributed by atoms with Crippen molar-refractivity contribution in [2.24, 2.45) is 4.99 Å². The second-order valence-corrected chi connectivity index (χ2v) is 5.84. The summed E-state index contributed by atoms with van der Waals surface area (Å²) in [5.41, 5.74) is 1.75. The number of benzene rings is 2. The van der Waals surface area contributed by atoms with Crippen LogP contribution in [0.4, 0.5) is 8.78 Å². The van der Waals surface area contributed by atoms with E-state index in [-0.39, 0.29) is 42.0 Å². The van der Waals surface area contributed by atoms with Gasteiger partial charge in [-0.25, -0.2) is 13.8 Å². The fraction of sp³-hybridized carbons (Fsp3) is 0.300. The van der Waals surface area contributed by atoms with Gasteiger partial charge >= 0.3 is 0 Å². The van der Waals surface area contributed by atoms with Crippen LogP contribution in [0.1, 0.15) is 35.3 Å². The molecule has 0 atom stereocenters. The van der Waals surface area contributed by atoms with Gasteiger partial charge in [0.15, 0.2) is 5.96 Å². The third-order valence-electron chi connectivity index (χ3n) is 3.77. The van der Waals surface area contributed by atoms with Crippen LogP contribution >= 0.6 is 24.0 Å². The van der Waals surface area contributed by atoms with Gasteiger partial charge in [0.1, 0.15) is 11.6 Å². The highest BCUT2D eigenvalue weighted by molar-refractivity contribution is 14.0. The molecule has 2 aromatic carbocycles. The Hall–Kier alpha value is -2.23. The molecule has 0 heterocycles. The van der Waals surface area contributed by atoms with E-state index in [9.17, 15) is 13.6 Å². The second-order valence-electron chi connectivity index (χ2n) is 5.84. The molecule has 0 spiro atoms. The molecule has 0 unspecified atom stereocenters. The van der Waals surface area contributed by atoms with E-state index in [4.69, 9.17) is 0 Å². The number of halogens is 3. The third kappa shape index (κ3) is 7.41. The van der Waals surface area contributed by atoms with Crippen LogP contribution in [-0.2, 0) is 13.1 Å². The van der Waals surface area contributed by atoms with E-state index < -0.39 is 11.6 Å². The summed E-state index contributed by atoms with van der Waals surface area (Å²) in [6.07, 6.45) is 0. The van der Waals surface area contributed by atoms with Crippen LogP contribution in [0.25, 0.3) is 0 Å². The molecule has 0 radical (unpaired) electrons. The minimum Gasteiger partial charge on any atom is -0.357 e. The highest BCUT2D eigenvalue weighted by Gasteiger charge is 2.06. The van der Waals surface area contributed by atoms with Gasteiger partial charge in [-0.1, -0.05) is 12.1 Å². The summed E-state index contributed by atoms with van der Waals surface area (Å²) in [5.74, 6) is -0.573. The zero-order chi connectivity index (χ0) is 19.6. The average Bonchev–Trinajstić information content (AvgIpc) is 2.67. The number of guanidine groups is 1. The lowest BCUT2D eigenvalue weighted by atomic mass is 10.1. The highest BCUT2D eigenvalue weighted by Crippen LogP contribution is 2.09. The molecule has 0 bridgehead atoms. The normalized spacial score (nSPS) is 10.8. The van der Waals surface area contributed by atoms with Gasteiger partial charge in [0.2, 0.25) is 0 Å². The molecule has 152 valence electrons. The number of amides is 1. The van der Waals surface area contributed by atoms with Crippen molar-refractivity contribution in [1.82, 2.24) is 16.0 Å². The number of hydrogen-bond acceptors (Lipinski definition) is 2. The largest absolute Gasteiger partial charge is 0.357 e. The van der Waals surface area contributed by atoms with E-state index in [0.29, 0.717) is 31.2 Å². The van der Waals surface area contributed by atoms with Crippen LogP contribution < -0.4 is 16.0 Å². The SMILES string of the molecule is CCNC(=O)c1ccc(CN=C(NCC)NCc2cc(F)ccc2F)cc1.I.